The van der Waals surface area contributed by atoms with Gasteiger partial charge in [0.15, 0.2) is 11.2 Å². The highest BCUT2D eigenvalue weighted by Crippen LogP contribution is 2.69. The van der Waals surface area contributed by atoms with E-state index in [0.29, 0.717) is 22.6 Å². The highest BCUT2D eigenvalue weighted by atomic mass is 16.5. The van der Waals surface area contributed by atoms with Gasteiger partial charge >= 0.3 is 5.97 Å². The summed E-state index contributed by atoms with van der Waals surface area (Å²) in [4.78, 5) is 13.1. The second kappa shape index (κ2) is 8.49. The molecule has 36 heavy (non-hydrogen) atoms. The van der Waals surface area contributed by atoms with Crippen LogP contribution in [0.15, 0.2) is 78.1 Å². The zero-order valence-electron chi connectivity index (χ0n) is 20.3. The molecule has 0 fully saturated rings. The minimum atomic E-state index is -2.21. The lowest BCUT2D eigenvalue weighted by atomic mass is 9.69. The first-order chi connectivity index (χ1) is 17.4. The van der Waals surface area contributed by atoms with E-state index in [2.05, 4.69) is 0 Å². The first kappa shape index (κ1) is 23.6. The van der Waals surface area contributed by atoms with Crippen molar-refractivity contribution in [2.24, 2.45) is 0 Å². The molecular formula is C28H26O8. The summed E-state index contributed by atoms with van der Waals surface area (Å²) in [7, 11) is 5.72. The predicted octanol–water partition coefficient (Wildman–Crippen LogP) is 3.97. The van der Waals surface area contributed by atoms with E-state index >= 15 is 0 Å². The van der Waals surface area contributed by atoms with E-state index in [-0.39, 0.29) is 22.6 Å². The molecule has 1 aliphatic carbocycles. The van der Waals surface area contributed by atoms with Crippen LogP contribution in [0.25, 0.3) is 0 Å². The summed E-state index contributed by atoms with van der Waals surface area (Å²) in [5.41, 5.74) is -2.70. The lowest BCUT2D eigenvalue weighted by Crippen LogP contribution is -2.50. The Hall–Kier alpha value is -4.17. The third kappa shape index (κ3) is 2.94. The average molecular weight is 491 g/mol. The van der Waals surface area contributed by atoms with Gasteiger partial charge in [-0.1, -0.05) is 42.5 Å². The first-order valence-electron chi connectivity index (χ1n) is 11.3. The summed E-state index contributed by atoms with van der Waals surface area (Å²) in [6, 6.07) is 19.2. The zero-order chi connectivity index (χ0) is 25.7. The molecule has 0 saturated heterocycles. The van der Waals surface area contributed by atoms with E-state index in [9.17, 15) is 15.0 Å². The number of aliphatic hydroxyl groups excluding tert-OH is 1. The van der Waals surface area contributed by atoms with Crippen LogP contribution < -0.4 is 18.9 Å². The smallest absolute Gasteiger partial charge is 0.338 e. The van der Waals surface area contributed by atoms with Crippen molar-refractivity contribution in [2.75, 3.05) is 28.4 Å². The molecule has 0 spiro atoms. The third-order valence-electron chi connectivity index (χ3n) is 7.02. The molecule has 2 aliphatic rings. The van der Waals surface area contributed by atoms with Gasteiger partial charge in [-0.3, -0.25) is 0 Å². The van der Waals surface area contributed by atoms with Crippen molar-refractivity contribution < 1.29 is 38.7 Å². The number of ether oxygens (including phenoxy) is 5. The van der Waals surface area contributed by atoms with Crippen LogP contribution in [0.3, 0.4) is 0 Å². The molecule has 1 heterocycles. The SMILES string of the molecule is COC(=O)C1=C(O)[C@@]2(O)c3c(OC)cc(OC)cc3O[C@@]2(c2ccc(OC)cc2)[C@@H]1c1ccccc1. The number of esters is 1. The molecule has 186 valence electrons. The van der Waals surface area contributed by atoms with Gasteiger partial charge in [0, 0.05) is 17.7 Å². The molecule has 8 nitrogen and oxygen atoms in total. The van der Waals surface area contributed by atoms with Crippen LogP contribution in [0.1, 0.15) is 22.6 Å². The molecule has 1 aliphatic heterocycles. The van der Waals surface area contributed by atoms with Crippen molar-refractivity contribution in [3.05, 3.63) is 94.8 Å². The number of carbonyl (C=O) groups is 1. The van der Waals surface area contributed by atoms with Gasteiger partial charge in [-0.25, -0.2) is 4.79 Å². The molecule has 0 radical (unpaired) electrons. The topological polar surface area (TPSA) is 104 Å². The van der Waals surface area contributed by atoms with Crippen LogP contribution in [0.2, 0.25) is 0 Å². The zero-order valence-corrected chi connectivity index (χ0v) is 20.3. The number of aliphatic hydroxyl groups is 2. The highest BCUT2D eigenvalue weighted by molar-refractivity contribution is 5.94. The van der Waals surface area contributed by atoms with Crippen molar-refractivity contribution in [1.82, 2.24) is 0 Å². The van der Waals surface area contributed by atoms with Crippen LogP contribution in [0.4, 0.5) is 0 Å². The van der Waals surface area contributed by atoms with Crippen molar-refractivity contribution in [1.29, 1.82) is 0 Å². The van der Waals surface area contributed by atoms with Crippen molar-refractivity contribution >= 4 is 5.97 Å². The van der Waals surface area contributed by atoms with Crippen LogP contribution >= 0.6 is 0 Å². The summed E-state index contributed by atoms with van der Waals surface area (Å²) in [6.07, 6.45) is 0. The van der Waals surface area contributed by atoms with Gasteiger partial charge < -0.3 is 33.9 Å². The van der Waals surface area contributed by atoms with Gasteiger partial charge in [0.25, 0.3) is 0 Å². The second-order valence-electron chi connectivity index (χ2n) is 8.58. The lowest BCUT2D eigenvalue weighted by molar-refractivity contribution is -0.137. The maximum Gasteiger partial charge on any atom is 0.338 e. The van der Waals surface area contributed by atoms with E-state index in [1.54, 1.807) is 43.5 Å². The minimum absolute atomic E-state index is 0.106. The van der Waals surface area contributed by atoms with Gasteiger partial charge in [0.1, 0.15) is 28.8 Å². The molecule has 5 rings (SSSR count). The number of rotatable bonds is 6. The van der Waals surface area contributed by atoms with Crippen LogP contribution in [-0.4, -0.2) is 44.6 Å². The van der Waals surface area contributed by atoms with Crippen LogP contribution in [-0.2, 0) is 20.7 Å². The van der Waals surface area contributed by atoms with E-state index in [4.69, 9.17) is 23.7 Å². The molecule has 3 atom stereocenters. The average Bonchev–Trinajstić information content (AvgIpc) is 3.30. The molecule has 0 saturated carbocycles. The number of benzene rings is 3. The molecule has 0 unspecified atom stereocenters. The summed E-state index contributed by atoms with van der Waals surface area (Å²) >= 11 is 0. The van der Waals surface area contributed by atoms with E-state index in [1.165, 1.54) is 21.3 Å². The van der Waals surface area contributed by atoms with E-state index in [1.807, 2.05) is 30.3 Å². The van der Waals surface area contributed by atoms with Gasteiger partial charge in [-0.15, -0.1) is 0 Å². The molecule has 3 aromatic rings. The Labute approximate surface area is 208 Å². The minimum Gasteiger partial charge on any atom is -0.508 e. The number of fused-ring (bicyclic) bond motifs is 3. The van der Waals surface area contributed by atoms with Gasteiger partial charge in [-0.2, -0.15) is 0 Å². The summed E-state index contributed by atoms with van der Waals surface area (Å²) < 4.78 is 28.1. The number of methoxy groups -OCH3 is 4. The maximum atomic E-state index is 13.1. The highest BCUT2D eigenvalue weighted by Gasteiger charge is 2.74. The Morgan fingerprint density at radius 3 is 2.14 bits per heavy atom. The number of hydrogen-bond acceptors (Lipinski definition) is 8. The fourth-order valence-corrected chi connectivity index (χ4v) is 5.46. The van der Waals surface area contributed by atoms with Crippen molar-refractivity contribution in [2.45, 2.75) is 17.1 Å². The van der Waals surface area contributed by atoms with E-state index < -0.39 is 28.8 Å². The van der Waals surface area contributed by atoms with Crippen LogP contribution in [0, 0.1) is 0 Å². The Morgan fingerprint density at radius 2 is 1.56 bits per heavy atom. The summed E-state index contributed by atoms with van der Waals surface area (Å²) in [5, 5.41) is 24.3. The Balaban J connectivity index is 1.91. The third-order valence-corrected chi connectivity index (χ3v) is 7.02. The predicted molar refractivity (Wildman–Crippen MR) is 130 cm³/mol. The maximum absolute atomic E-state index is 13.1. The molecule has 0 amide bonds. The molecule has 8 heteroatoms. The molecule has 0 bridgehead atoms. The quantitative estimate of drug-likeness (QED) is 0.501. The lowest BCUT2D eigenvalue weighted by Gasteiger charge is -2.40. The number of carbonyl (C=O) groups excluding carboxylic acids is 1. The van der Waals surface area contributed by atoms with Gasteiger partial charge in [0.05, 0.1) is 45.5 Å². The Bertz CT molecular complexity index is 1350. The fraction of sp³-hybridized carbons (Fsp3) is 0.250. The second-order valence-corrected chi connectivity index (χ2v) is 8.58. The molecule has 0 aromatic heterocycles. The Morgan fingerprint density at radius 1 is 0.889 bits per heavy atom. The van der Waals surface area contributed by atoms with Crippen molar-refractivity contribution in [3.8, 4) is 23.0 Å². The standard InChI is InChI=1S/C28H26O8/c1-32-18-12-10-17(11-13-18)28-23(16-8-6-5-7-9-16)22(26(30)35-4)25(29)27(28,31)24-20(34-3)14-19(33-2)15-21(24)36-28/h5-15,23,29,31H,1-4H3/t23-,27+,28+/m1/s1. The van der Waals surface area contributed by atoms with Crippen LogP contribution in [0.5, 0.6) is 23.0 Å². The normalized spacial score (nSPS) is 24.0. The largest absolute Gasteiger partial charge is 0.508 e. The van der Waals surface area contributed by atoms with E-state index in [0.717, 1.165) is 0 Å². The number of hydrogen-bond donors (Lipinski definition) is 2. The first-order valence-corrected chi connectivity index (χ1v) is 11.3. The van der Waals surface area contributed by atoms with Gasteiger partial charge in [-0.05, 0) is 17.7 Å². The summed E-state index contributed by atoms with van der Waals surface area (Å²) in [5.74, 6) is -0.795. The monoisotopic (exact) mass is 490 g/mol. The molecule has 3 aromatic carbocycles. The van der Waals surface area contributed by atoms with Crippen molar-refractivity contribution in [3.63, 3.8) is 0 Å². The molecular weight excluding hydrogens is 464 g/mol. The molecule has 2 N–H and O–H groups in total. The fourth-order valence-electron chi connectivity index (χ4n) is 5.46. The van der Waals surface area contributed by atoms with Gasteiger partial charge in [0.2, 0.25) is 0 Å². The Kier molecular flexibility index (Phi) is 5.56. The summed E-state index contributed by atoms with van der Waals surface area (Å²) in [6.45, 7) is 0.